The van der Waals surface area contributed by atoms with Gasteiger partial charge in [-0.1, -0.05) is 39.8 Å². The van der Waals surface area contributed by atoms with Gasteiger partial charge in [0.15, 0.2) is 0 Å². The first kappa shape index (κ1) is 26.5. The average molecular weight is 490 g/mol. The van der Waals surface area contributed by atoms with Crippen LogP contribution in [0.25, 0.3) is 0 Å². The number of nitro benzene ring substituents is 1. The number of nitro groups is 1. The number of benzene rings is 3. The SMILES string of the molecule is COc1cc(/N=N/c2ccc([N+](=O)[O-])cc2)c(OC)cc1/N=N/c1ccc(C(C(C)C)C(C)C)cc1. The van der Waals surface area contributed by atoms with Crippen LogP contribution in [0.1, 0.15) is 39.2 Å². The molecule has 0 aliphatic carbocycles. The van der Waals surface area contributed by atoms with E-state index < -0.39 is 4.92 Å². The van der Waals surface area contributed by atoms with Crippen LogP contribution in [-0.4, -0.2) is 19.1 Å². The van der Waals surface area contributed by atoms with Gasteiger partial charge in [0.25, 0.3) is 5.69 Å². The van der Waals surface area contributed by atoms with Crippen molar-refractivity contribution in [3.05, 3.63) is 76.3 Å². The normalized spacial score (nSPS) is 11.8. The van der Waals surface area contributed by atoms with Crippen molar-refractivity contribution in [2.24, 2.45) is 32.3 Å². The van der Waals surface area contributed by atoms with Crippen molar-refractivity contribution in [3.8, 4) is 11.5 Å². The number of nitrogens with zero attached hydrogens (tertiary/aromatic N) is 5. The number of ether oxygens (including phenoxy) is 2. The number of non-ortho nitro benzene ring substituents is 1. The number of hydrogen-bond acceptors (Lipinski definition) is 8. The standard InChI is InChI=1S/C27H31N5O4/c1-17(2)27(18(3)4)19-7-9-20(10-8-19)28-30-23-15-26(36-6)24(16-25(23)35-5)31-29-21-11-13-22(14-12-21)32(33)34/h7-18,27H,1-6H3/b30-28+,31-29+. The molecule has 36 heavy (non-hydrogen) atoms. The lowest BCUT2D eigenvalue weighted by atomic mass is 9.80. The fourth-order valence-electron chi connectivity index (χ4n) is 4.19. The van der Waals surface area contributed by atoms with E-state index >= 15 is 0 Å². The third-order valence-corrected chi connectivity index (χ3v) is 5.80. The number of hydrogen-bond donors (Lipinski definition) is 0. The van der Waals surface area contributed by atoms with Crippen LogP contribution in [0, 0.1) is 22.0 Å². The zero-order chi connectivity index (χ0) is 26.2. The first-order valence-electron chi connectivity index (χ1n) is 11.7. The van der Waals surface area contributed by atoms with Crippen molar-refractivity contribution in [2.75, 3.05) is 14.2 Å². The zero-order valence-corrected chi connectivity index (χ0v) is 21.4. The van der Waals surface area contributed by atoms with E-state index in [1.165, 1.54) is 44.0 Å². The van der Waals surface area contributed by atoms with Crippen LogP contribution >= 0.6 is 0 Å². The van der Waals surface area contributed by atoms with Crippen LogP contribution in [-0.2, 0) is 0 Å². The number of rotatable bonds is 10. The number of azo groups is 2. The van der Waals surface area contributed by atoms with Gasteiger partial charge in [-0.2, -0.15) is 10.2 Å². The molecule has 0 spiro atoms. The maximum absolute atomic E-state index is 10.8. The van der Waals surface area contributed by atoms with Gasteiger partial charge in [0.2, 0.25) is 0 Å². The molecule has 0 fully saturated rings. The van der Waals surface area contributed by atoms with Crippen LogP contribution in [0.15, 0.2) is 81.1 Å². The topological polar surface area (TPSA) is 111 Å². The average Bonchev–Trinajstić information content (AvgIpc) is 2.86. The minimum Gasteiger partial charge on any atom is -0.494 e. The second kappa shape index (κ2) is 12.0. The molecule has 9 heteroatoms. The molecular weight excluding hydrogens is 458 g/mol. The van der Waals surface area contributed by atoms with Crippen LogP contribution < -0.4 is 9.47 Å². The third-order valence-electron chi connectivity index (χ3n) is 5.80. The lowest BCUT2D eigenvalue weighted by Crippen LogP contribution is -2.13. The molecule has 0 radical (unpaired) electrons. The Kier molecular flexibility index (Phi) is 8.83. The Morgan fingerprint density at radius 3 is 1.47 bits per heavy atom. The fraction of sp³-hybridized carbons (Fsp3) is 0.333. The highest BCUT2D eigenvalue weighted by molar-refractivity contribution is 5.66. The van der Waals surface area contributed by atoms with Gasteiger partial charge in [-0.3, -0.25) is 10.1 Å². The molecule has 0 aliphatic rings. The summed E-state index contributed by atoms with van der Waals surface area (Å²) >= 11 is 0. The molecular formula is C27H31N5O4. The largest absolute Gasteiger partial charge is 0.494 e. The summed E-state index contributed by atoms with van der Waals surface area (Å²) in [6, 6.07) is 17.3. The van der Waals surface area contributed by atoms with E-state index in [1.54, 1.807) is 12.1 Å². The lowest BCUT2D eigenvalue weighted by molar-refractivity contribution is -0.384. The molecule has 0 aliphatic heterocycles. The highest BCUT2D eigenvalue weighted by atomic mass is 16.6. The van der Waals surface area contributed by atoms with Crippen LogP contribution in [0.5, 0.6) is 11.5 Å². The molecule has 0 bridgehead atoms. The van der Waals surface area contributed by atoms with Crippen molar-refractivity contribution in [1.82, 2.24) is 0 Å². The third kappa shape index (κ3) is 6.50. The molecule has 0 amide bonds. The van der Waals surface area contributed by atoms with Crippen molar-refractivity contribution in [1.29, 1.82) is 0 Å². The van der Waals surface area contributed by atoms with Gasteiger partial charge in [0.05, 0.1) is 30.5 Å². The Balaban J connectivity index is 1.84. The molecule has 0 unspecified atom stereocenters. The fourth-order valence-corrected chi connectivity index (χ4v) is 4.19. The monoisotopic (exact) mass is 489 g/mol. The molecule has 3 rings (SSSR count). The van der Waals surface area contributed by atoms with Gasteiger partial charge < -0.3 is 9.47 Å². The molecule has 3 aromatic rings. The summed E-state index contributed by atoms with van der Waals surface area (Å²) in [7, 11) is 3.05. The maximum atomic E-state index is 10.8. The minimum atomic E-state index is -0.468. The maximum Gasteiger partial charge on any atom is 0.269 e. The van der Waals surface area contributed by atoms with Gasteiger partial charge in [0, 0.05) is 24.3 Å². The van der Waals surface area contributed by atoms with Crippen molar-refractivity contribution in [2.45, 2.75) is 33.6 Å². The van der Waals surface area contributed by atoms with Crippen molar-refractivity contribution < 1.29 is 14.4 Å². The Morgan fingerprint density at radius 1 is 0.694 bits per heavy atom. The second-order valence-corrected chi connectivity index (χ2v) is 8.97. The van der Waals surface area contributed by atoms with Crippen LogP contribution in [0.2, 0.25) is 0 Å². The second-order valence-electron chi connectivity index (χ2n) is 8.97. The predicted molar refractivity (Wildman–Crippen MR) is 140 cm³/mol. The zero-order valence-electron chi connectivity index (χ0n) is 21.4. The molecule has 0 saturated carbocycles. The first-order valence-corrected chi connectivity index (χ1v) is 11.7. The van der Waals surface area contributed by atoms with E-state index in [0.29, 0.717) is 46.3 Å². The van der Waals surface area contributed by atoms with Crippen LogP contribution in [0.4, 0.5) is 28.4 Å². The highest BCUT2D eigenvalue weighted by Gasteiger charge is 2.19. The number of methoxy groups -OCH3 is 2. The Labute approximate surface area is 211 Å². The van der Waals surface area contributed by atoms with Gasteiger partial charge in [-0.05, 0) is 47.6 Å². The molecule has 3 aromatic carbocycles. The van der Waals surface area contributed by atoms with E-state index in [0.717, 1.165) is 5.69 Å². The quantitative estimate of drug-likeness (QED) is 0.161. The Morgan fingerprint density at radius 2 is 1.11 bits per heavy atom. The highest BCUT2D eigenvalue weighted by Crippen LogP contribution is 2.41. The van der Waals surface area contributed by atoms with E-state index in [2.05, 4.69) is 60.3 Å². The van der Waals surface area contributed by atoms with Gasteiger partial charge in [-0.15, -0.1) is 10.2 Å². The van der Waals surface area contributed by atoms with Gasteiger partial charge in [0.1, 0.15) is 22.9 Å². The minimum absolute atomic E-state index is 0.0165. The Hall–Kier alpha value is -4.14. The lowest BCUT2D eigenvalue weighted by Gasteiger charge is -2.25. The summed E-state index contributed by atoms with van der Waals surface area (Å²) in [6.45, 7) is 8.97. The summed E-state index contributed by atoms with van der Waals surface area (Å²) in [6.07, 6.45) is 0. The molecule has 0 N–H and O–H groups in total. The van der Waals surface area contributed by atoms with Crippen molar-refractivity contribution >= 4 is 28.4 Å². The summed E-state index contributed by atoms with van der Waals surface area (Å²) in [5, 5.41) is 27.9. The molecule has 0 saturated heterocycles. The van der Waals surface area contributed by atoms with Gasteiger partial charge >= 0.3 is 0 Å². The molecule has 9 nitrogen and oxygen atoms in total. The molecule has 0 heterocycles. The summed E-state index contributed by atoms with van der Waals surface area (Å²) in [5.41, 5.74) is 3.37. The molecule has 0 aromatic heterocycles. The van der Waals surface area contributed by atoms with E-state index in [-0.39, 0.29) is 5.69 Å². The predicted octanol–water partition coefficient (Wildman–Crippen LogP) is 8.84. The van der Waals surface area contributed by atoms with E-state index in [9.17, 15) is 10.1 Å². The first-order chi connectivity index (χ1) is 17.2. The van der Waals surface area contributed by atoms with Crippen LogP contribution in [0.3, 0.4) is 0 Å². The summed E-state index contributed by atoms with van der Waals surface area (Å²) < 4.78 is 10.9. The summed E-state index contributed by atoms with van der Waals surface area (Å²) in [4.78, 5) is 10.3. The Bertz CT molecular complexity index is 1230. The molecule has 0 atom stereocenters. The molecule has 188 valence electrons. The van der Waals surface area contributed by atoms with Gasteiger partial charge in [-0.25, -0.2) is 0 Å². The van der Waals surface area contributed by atoms with E-state index in [1.807, 2.05) is 12.1 Å². The van der Waals surface area contributed by atoms with Crippen molar-refractivity contribution in [3.63, 3.8) is 0 Å². The smallest absolute Gasteiger partial charge is 0.269 e. The summed E-state index contributed by atoms with van der Waals surface area (Å²) in [5.74, 6) is 2.46. The van der Waals surface area contributed by atoms with E-state index in [4.69, 9.17) is 9.47 Å².